The molecule has 0 bridgehead atoms. The molecule has 0 amide bonds. The molecular weight excluding hydrogens is 288 g/mol. The Bertz CT molecular complexity index is 452. The topological polar surface area (TPSA) is 24.4 Å². The SMILES string of the molecule is CCC1(CC)CN=C(NCCc2ccc(Cl)cc2)SC1. The van der Waals surface area contributed by atoms with E-state index in [0.717, 1.165) is 29.7 Å². The van der Waals surface area contributed by atoms with Crippen molar-refractivity contribution < 1.29 is 0 Å². The summed E-state index contributed by atoms with van der Waals surface area (Å²) in [6.07, 6.45) is 3.44. The number of aliphatic imine (C=N–C) groups is 1. The summed E-state index contributed by atoms with van der Waals surface area (Å²) in [7, 11) is 0. The molecule has 0 aliphatic carbocycles. The Labute approximate surface area is 131 Å². The lowest BCUT2D eigenvalue weighted by Gasteiger charge is -2.33. The molecule has 0 fully saturated rings. The summed E-state index contributed by atoms with van der Waals surface area (Å²) in [5.41, 5.74) is 1.73. The van der Waals surface area contributed by atoms with E-state index in [0.29, 0.717) is 5.41 Å². The van der Waals surface area contributed by atoms with Gasteiger partial charge >= 0.3 is 0 Å². The number of hydrogen-bond acceptors (Lipinski definition) is 3. The van der Waals surface area contributed by atoms with Gasteiger partial charge in [0.15, 0.2) is 5.17 Å². The fourth-order valence-electron chi connectivity index (χ4n) is 2.30. The molecule has 0 radical (unpaired) electrons. The Morgan fingerprint density at radius 1 is 1.25 bits per heavy atom. The van der Waals surface area contributed by atoms with Crippen molar-refractivity contribution in [3.8, 4) is 0 Å². The van der Waals surface area contributed by atoms with Crippen LogP contribution >= 0.6 is 23.4 Å². The van der Waals surface area contributed by atoms with Gasteiger partial charge in [0.25, 0.3) is 0 Å². The van der Waals surface area contributed by atoms with Crippen LogP contribution < -0.4 is 5.32 Å². The van der Waals surface area contributed by atoms with E-state index in [9.17, 15) is 0 Å². The van der Waals surface area contributed by atoms with Gasteiger partial charge in [-0.3, -0.25) is 4.99 Å². The average Bonchev–Trinajstić information content (AvgIpc) is 2.50. The molecule has 0 aromatic heterocycles. The molecule has 0 unspecified atom stereocenters. The highest BCUT2D eigenvalue weighted by Crippen LogP contribution is 2.34. The number of halogens is 1. The van der Waals surface area contributed by atoms with Crippen LogP contribution in [0.1, 0.15) is 32.3 Å². The minimum atomic E-state index is 0.423. The molecule has 2 nitrogen and oxygen atoms in total. The van der Waals surface area contributed by atoms with E-state index in [-0.39, 0.29) is 0 Å². The Hall–Kier alpha value is -0.670. The van der Waals surface area contributed by atoms with Crippen molar-refractivity contribution in [2.24, 2.45) is 10.4 Å². The van der Waals surface area contributed by atoms with Gasteiger partial charge in [-0.15, -0.1) is 0 Å². The van der Waals surface area contributed by atoms with Gasteiger partial charge in [-0.2, -0.15) is 0 Å². The number of thioether (sulfide) groups is 1. The van der Waals surface area contributed by atoms with Gasteiger partial charge in [0.2, 0.25) is 0 Å². The van der Waals surface area contributed by atoms with Gasteiger partial charge in [-0.1, -0.05) is 49.3 Å². The second-order valence-corrected chi connectivity index (χ2v) is 6.82. The van der Waals surface area contributed by atoms with E-state index in [2.05, 4.69) is 31.3 Å². The van der Waals surface area contributed by atoms with E-state index in [1.54, 1.807) is 0 Å². The maximum atomic E-state index is 5.88. The molecule has 1 N–H and O–H groups in total. The highest BCUT2D eigenvalue weighted by atomic mass is 35.5. The van der Waals surface area contributed by atoms with Gasteiger partial charge in [-0.05, 0) is 42.4 Å². The van der Waals surface area contributed by atoms with E-state index in [1.165, 1.54) is 24.2 Å². The second kappa shape index (κ2) is 7.37. The largest absolute Gasteiger partial charge is 0.365 e. The standard InChI is InChI=1S/C16H23ClN2S/c1-3-16(4-2)11-19-15(20-12-16)18-10-9-13-5-7-14(17)8-6-13/h5-8H,3-4,9-12H2,1-2H3,(H,18,19). The second-order valence-electron chi connectivity index (χ2n) is 5.42. The van der Waals surface area contributed by atoms with Crippen LogP contribution in [0.5, 0.6) is 0 Å². The molecule has 1 aliphatic heterocycles. The molecule has 0 saturated heterocycles. The lowest BCUT2D eigenvalue weighted by Crippen LogP contribution is -2.35. The van der Waals surface area contributed by atoms with Crippen molar-refractivity contribution in [1.29, 1.82) is 0 Å². The Kier molecular flexibility index (Phi) is 5.79. The summed E-state index contributed by atoms with van der Waals surface area (Å²) in [5.74, 6) is 1.19. The maximum Gasteiger partial charge on any atom is 0.156 e. The van der Waals surface area contributed by atoms with Crippen LogP contribution in [0.2, 0.25) is 5.02 Å². The summed E-state index contributed by atoms with van der Waals surface area (Å²) in [6.45, 7) is 6.45. The van der Waals surface area contributed by atoms with E-state index in [4.69, 9.17) is 16.6 Å². The smallest absolute Gasteiger partial charge is 0.156 e. The Morgan fingerprint density at radius 2 is 1.95 bits per heavy atom. The number of hydrogen-bond donors (Lipinski definition) is 1. The summed E-state index contributed by atoms with van der Waals surface area (Å²) >= 11 is 7.76. The molecule has 0 saturated carbocycles. The number of amidine groups is 1. The molecule has 1 aromatic rings. The molecule has 1 aliphatic rings. The molecule has 4 heteroatoms. The van der Waals surface area contributed by atoms with Crippen molar-refractivity contribution in [2.75, 3.05) is 18.8 Å². The van der Waals surface area contributed by atoms with Crippen LogP contribution in [-0.4, -0.2) is 24.0 Å². The van der Waals surface area contributed by atoms with E-state index in [1.807, 2.05) is 23.9 Å². The first kappa shape index (κ1) is 15.7. The van der Waals surface area contributed by atoms with Gasteiger partial charge in [0.05, 0.1) is 0 Å². The van der Waals surface area contributed by atoms with E-state index >= 15 is 0 Å². The highest BCUT2D eigenvalue weighted by Gasteiger charge is 2.29. The average molecular weight is 311 g/mol. The zero-order valence-corrected chi connectivity index (χ0v) is 13.9. The van der Waals surface area contributed by atoms with Crippen molar-refractivity contribution in [3.63, 3.8) is 0 Å². The third kappa shape index (κ3) is 4.16. The third-order valence-electron chi connectivity index (χ3n) is 4.18. The van der Waals surface area contributed by atoms with Crippen LogP contribution in [0.25, 0.3) is 0 Å². The van der Waals surface area contributed by atoms with Crippen molar-refractivity contribution >= 4 is 28.5 Å². The highest BCUT2D eigenvalue weighted by molar-refractivity contribution is 8.13. The lowest BCUT2D eigenvalue weighted by atomic mass is 9.84. The molecule has 1 aromatic carbocycles. The van der Waals surface area contributed by atoms with Gasteiger partial charge in [-0.25, -0.2) is 0 Å². The first-order valence-electron chi connectivity index (χ1n) is 7.33. The van der Waals surface area contributed by atoms with Crippen molar-refractivity contribution in [2.45, 2.75) is 33.1 Å². The molecule has 0 spiro atoms. The van der Waals surface area contributed by atoms with Crippen LogP contribution in [0, 0.1) is 5.41 Å². The number of nitrogens with zero attached hydrogens (tertiary/aromatic N) is 1. The van der Waals surface area contributed by atoms with Gasteiger partial charge in [0.1, 0.15) is 0 Å². The van der Waals surface area contributed by atoms with Crippen LogP contribution in [0.15, 0.2) is 29.3 Å². The summed E-state index contributed by atoms with van der Waals surface area (Å²) in [6, 6.07) is 8.05. The molecule has 0 atom stereocenters. The zero-order valence-electron chi connectivity index (χ0n) is 12.3. The van der Waals surface area contributed by atoms with Crippen molar-refractivity contribution in [3.05, 3.63) is 34.9 Å². The molecular formula is C16H23ClN2S. The Morgan fingerprint density at radius 3 is 2.50 bits per heavy atom. The van der Waals surface area contributed by atoms with Gasteiger partial charge in [0, 0.05) is 23.9 Å². The normalized spacial score (nSPS) is 17.6. The minimum Gasteiger partial charge on any atom is -0.365 e. The first-order valence-corrected chi connectivity index (χ1v) is 8.69. The summed E-state index contributed by atoms with van der Waals surface area (Å²) in [5, 5.41) is 5.35. The van der Waals surface area contributed by atoms with E-state index < -0.39 is 0 Å². The Balaban J connectivity index is 1.78. The fourth-order valence-corrected chi connectivity index (χ4v) is 3.73. The predicted molar refractivity (Wildman–Crippen MR) is 90.9 cm³/mol. The summed E-state index contributed by atoms with van der Waals surface area (Å²) < 4.78 is 0. The zero-order chi connectivity index (χ0) is 14.4. The van der Waals surface area contributed by atoms with Crippen molar-refractivity contribution in [1.82, 2.24) is 5.32 Å². The lowest BCUT2D eigenvalue weighted by molar-refractivity contribution is 0.318. The fraction of sp³-hybridized carbons (Fsp3) is 0.562. The quantitative estimate of drug-likeness (QED) is 0.872. The first-order chi connectivity index (χ1) is 9.67. The third-order valence-corrected chi connectivity index (χ3v) is 5.73. The van der Waals surface area contributed by atoms with Crippen LogP contribution in [-0.2, 0) is 6.42 Å². The predicted octanol–water partition coefficient (Wildman–Crippen LogP) is 4.38. The molecule has 110 valence electrons. The van der Waals surface area contributed by atoms with Crippen LogP contribution in [0.3, 0.4) is 0 Å². The number of rotatable bonds is 5. The molecule has 1 heterocycles. The number of benzene rings is 1. The molecule has 2 rings (SSSR count). The van der Waals surface area contributed by atoms with Crippen LogP contribution in [0.4, 0.5) is 0 Å². The minimum absolute atomic E-state index is 0.423. The molecule has 20 heavy (non-hydrogen) atoms. The maximum absolute atomic E-state index is 5.88. The number of nitrogens with one attached hydrogen (secondary N) is 1. The summed E-state index contributed by atoms with van der Waals surface area (Å²) in [4.78, 5) is 4.72. The monoisotopic (exact) mass is 310 g/mol. The van der Waals surface area contributed by atoms with Gasteiger partial charge < -0.3 is 5.32 Å².